The van der Waals surface area contributed by atoms with Gasteiger partial charge in [-0.1, -0.05) is 35.9 Å². The monoisotopic (exact) mass is 329 g/mol. The fourth-order valence-electron chi connectivity index (χ4n) is 2.29. The molecule has 4 nitrogen and oxygen atoms in total. The number of allylic oxidation sites excluding steroid dienone is 1. The van der Waals surface area contributed by atoms with Gasteiger partial charge in [0, 0.05) is 16.5 Å². The van der Waals surface area contributed by atoms with Gasteiger partial charge in [-0.15, -0.1) is 11.3 Å². The van der Waals surface area contributed by atoms with Crippen LogP contribution >= 0.6 is 11.3 Å². The summed E-state index contributed by atoms with van der Waals surface area (Å²) in [7, 11) is 1.34. The standard InChI is InChI=1S/C18H19NO3S/c1-11(2)10-14(20)19-17-16(18(21)22-4)15(12(3)23-17)13-8-6-5-7-9-13/h5-10H,1-4H3,(H,19,20). The number of ether oxygens (including phenoxy) is 1. The predicted molar refractivity (Wildman–Crippen MR) is 93.9 cm³/mol. The highest BCUT2D eigenvalue weighted by atomic mass is 32.1. The second-order valence-electron chi connectivity index (χ2n) is 5.31. The summed E-state index contributed by atoms with van der Waals surface area (Å²) in [6, 6.07) is 9.61. The number of rotatable bonds is 4. The number of carbonyl (C=O) groups excluding carboxylic acids is 2. The molecule has 0 bridgehead atoms. The van der Waals surface area contributed by atoms with Crippen molar-refractivity contribution in [2.75, 3.05) is 12.4 Å². The molecule has 1 aromatic heterocycles. The number of hydrogen-bond donors (Lipinski definition) is 1. The Morgan fingerprint density at radius 1 is 1.17 bits per heavy atom. The summed E-state index contributed by atoms with van der Waals surface area (Å²) in [6.07, 6.45) is 1.50. The zero-order valence-corrected chi connectivity index (χ0v) is 14.4. The third-order valence-electron chi connectivity index (χ3n) is 3.19. The van der Waals surface area contributed by atoms with E-state index in [4.69, 9.17) is 4.74 Å². The minimum absolute atomic E-state index is 0.254. The topological polar surface area (TPSA) is 55.4 Å². The highest BCUT2D eigenvalue weighted by Crippen LogP contribution is 2.40. The number of benzene rings is 1. The lowest BCUT2D eigenvalue weighted by atomic mass is 10.0. The van der Waals surface area contributed by atoms with Crippen LogP contribution in [0, 0.1) is 6.92 Å². The van der Waals surface area contributed by atoms with Crippen molar-refractivity contribution in [1.82, 2.24) is 0 Å². The highest BCUT2D eigenvalue weighted by molar-refractivity contribution is 7.17. The van der Waals surface area contributed by atoms with Crippen LogP contribution in [0.5, 0.6) is 0 Å². The van der Waals surface area contributed by atoms with Gasteiger partial charge in [0.15, 0.2) is 0 Å². The quantitative estimate of drug-likeness (QED) is 0.667. The molecule has 1 amide bonds. The van der Waals surface area contributed by atoms with Gasteiger partial charge in [-0.3, -0.25) is 4.79 Å². The van der Waals surface area contributed by atoms with Gasteiger partial charge in [0.1, 0.15) is 10.6 Å². The van der Waals surface area contributed by atoms with Crippen molar-refractivity contribution in [1.29, 1.82) is 0 Å². The lowest BCUT2D eigenvalue weighted by Crippen LogP contribution is -2.12. The van der Waals surface area contributed by atoms with E-state index in [-0.39, 0.29) is 5.91 Å². The van der Waals surface area contributed by atoms with Crippen LogP contribution in [0.4, 0.5) is 5.00 Å². The van der Waals surface area contributed by atoms with Crippen molar-refractivity contribution < 1.29 is 14.3 Å². The molecule has 120 valence electrons. The summed E-state index contributed by atoms with van der Waals surface area (Å²) in [5.41, 5.74) is 3.01. The average Bonchev–Trinajstić information content (AvgIpc) is 2.82. The van der Waals surface area contributed by atoms with Crippen LogP contribution in [0.25, 0.3) is 11.1 Å². The number of thiophene rings is 1. The van der Waals surface area contributed by atoms with Gasteiger partial charge in [-0.25, -0.2) is 4.79 Å². The normalized spacial score (nSPS) is 10.1. The number of nitrogens with one attached hydrogen (secondary N) is 1. The predicted octanol–water partition coefficient (Wildman–Crippen LogP) is 4.41. The van der Waals surface area contributed by atoms with Gasteiger partial charge in [-0.05, 0) is 26.3 Å². The molecule has 0 aliphatic carbocycles. The third kappa shape index (κ3) is 3.87. The van der Waals surface area contributed by atoms with Crippen molar-refractivity contribution in [3.8, 4) is 11.1 Å². The maximum Gasteiger partial charge on any atom is 0.341 e. The third-order valence-corrected chi connectivity index (χ3v) is 4.21. The summed E-state index contributed by atoms with van der Waals surface area (Å²) in [4.78, 5) is 25.2. The molecular weight excluding hydrogens is 310 g/mol. The first-order chi connectivity index (χ1) is 10.9. The molecule has 0 atom stereocenters. The van der Waals surface area contributed by atoms with Crippen LogP contribution in [0.15, 0.2) is 42.0 Å². The Hall–Kier alpha value is -2.40. The number of aryl methyl sites for hydroxylation is 1. The molecule has 1 N–H and O–H groups in total. The van der Waals surface area contributed by atoms with Crippen LogP contribution in [0.3, 0.4) is 0 Å². The van der Waals surface area contributed by atoms with E-state index < -0.39 is 5.97 Å². The van der Waals surface area contributed by atoms with E-state index in [1.54, 1.807) is 0 Å². The van der Waals surface area contributed by atoms with Gasteiger partial charge in [-0.2, -0.15) is 0 Å². The molecule has 0 fully saturated rings. The Labute approximate surface area is 139 Å². The minimum Gasteiger partial charge on any atom is -0.465 e. The fourth-order valence-corrected chi connectivity index (χ4v) is 3.36. The summed E-state index contributed by atoms with van der Waals surface area (Å²) in [5, 5.41) is 3.30. The van der Waals surface area contributed by atoms with Crippen LogP contribution < -0.4 is 5.32 Å². The summed E-state index contributed by atoms with van der Waals surface area (Å²) >= 11 is 1.37. The van der Waals surface area contributed by atoms with Crippen molar-refractivity contribution in [2.24, 2.45) is 0 Å². The molecule has 0 saturated heterocycles. The molecule has 5 heteroatoms. The molecule has 0 radical (unpaired) electrons. The van der Waals surface area contributed by atoms with Gasteiger partial charge >= 0.3 is 5.97 Å². The Balaban J connectivity index is 2.54. The largest absolute Gasteiger partial charge is 0.465 e. The van der Waals surface area contributed by atoms with Gasteiger partial charge in [0.05, 0.1) is 7.11 Å². The molecule has 0 spiro atoms. The molecule has 0 saturated carbocycles. The fraction of sp³-hybridized carbons (Fsp3) is 0.222. The maximum atomic E-state index is 12.3. The molecule has 0 unspecified atom stereocenters. The lowest BCUT2D eigenvalue weighted by molar-refractivity contribution is -0.111. The minimum atomic E-state index is -0.458. The van der Waals surface area contributed by atoms with Gasteiger partial charge < -0.3 is 10.1 Å². The Kier molecular flexibility index (Phi) is 5.34. The average molecular weight is 329 g/mol. The first-order valence-electron chi connectivity index (χ1n) is 7.17. The number of carbonyl (C=O) groups is 2. The molecular formula is C18H19NO3S. The van der Waals surface area contributed by atoms with Crippen molar-refractivity contribution in [3.63, 3.8) is 0 Å². The van der Waals surface area contributed by atoms with Crippen LogP contribution in [0.2, 0.25) is 0 Å². The van der Waals surface area contributed by atoms with E-state index in [0.29, 0.717) is 10.6 Å². The molecule has 2 rings (SSSR count). The summed E-state index contributed by atoms with van der Waals surface area (Å²) < 4.78 is 4.92. The number of methoxy groups -OCH3 is 1. The van der Waals surface area contributed by atoms with E-state index in [1.165, 1.54) is 24.5 Å². The van der Waals surface area contributed by atoms with Gasteiger partial charge in [0.25, 0.3) is 0 Å². The van der Waals surface area contributed by atoms with Crippen molar-refractivity contribution in [3.05, 3.63) is 52.4 Å². The maximum absolute atomic E-state index is 12.3. The Morgan fingerprint density at radius 3 is 2.39 bits per heavy atom. The molecule has 1 heterocycles. The van der Waals surface area contributed by atoms with Crippen molar-refractivity contribution in [2.45, 2.75) is 20.8 Å². The van der Waals surface area contributed by atoms with E-state index in [0.717, 1.165) is 21.6 Å². The summed E-state index contributed by atoms with van der Waals surface area (Å²) in [5.74, 6) is -0.711. The number of anilines is 1. The first-order valence-corrected chi connectivity index (χ1v) is 7.98. The number of amides is 1. The molecule has 1 aromatic carbocycles. The first kappa shape index (κ1) is 17.0. The molecule has 0 aliphatic heterocycles. The zero-order valence-electron chi connectivity index (χ0n) is 13.6. The van der Waals surface area contributed by atoms with Crippen LogP contribution in [-0.2, 0) is 9.53 Å². The zero-order chi connectivity index (χ0) is 17.0. The smallest absolute Gasteiger partial charge is 0.341 e. The molecule has 0 aliphatic rings. The van der Waals surface area contributed by atoms with Crippen LogP contribution in [-0.4, -0.2) is 19.0 Å². The number of esters is 1. The Bertz CT molecular complexity index is 756. The SMILES string of the molecule is COC(=O)c1c(NC(=O)C=C(C)C)sc(C)c1-c1ccccc1. The summed E-state index contributed by atoms with van der Waals surface area (Å²) in [6.45, 7) is 5.61. The van der Waals surface area contributed by atoms with E-state index in [9.17, 15) is 9.59 Å². The lowest BCUT2D eigenvalue weighted by Gasteiger charge is -2.07. The second kappa shape index (κ2) is 7.24. The van der Waals surface area contributed by atoms with Crippen molar-refractivity contribution >= 4 is 28.2 Å². The van der Waals surface area contributed by atoms with E-state index in [2.05, 4.69) is 5.32 Å². The number of hydrogen-bond acceptors (Lipinski definition) is 4. The van der Waals surface area contributed by atoms with E-state index >= 15 is 0 Å². The van der Waals surface area contributed by atoms with E-state index in [1.807, 2.05) is 51.1 Å². The van der Waals surface area contributed by atoms with Gasteiger partial charge in [0.2, 0.25) is 5.91 Å². The second-order valence-corrected chi connectivity index (χ2v) is 6.53. The molecule has 23 heavy (non-hydrogen) atoms. The highest BCUT2D eigenvalue weighted by Gasteiger charge is 2.24. The molecule has 2 aromatic rings. The Morgan fingerprint density at radius 2 is 1.83 bits per heavy atom. The van der Waals surface area contributed by atoms with Crippen LogP contribution in [0.1, 0.15) is 29.1 Å².